The topological polar surface area (TPSA) is 61.7 Å². The van der Waals surface area contributed by atoms with Crippen LogP contribution in [-0.4, -0.2) is 17.3 Å². The fourth-order valence-electron chi connectivity index (χ4n) is 1.80. The average Bonchev–Trinajstić information content (AvgIpc) is 2.39. The van der Waals surface area contributed by atoms with Crippen molar-refractivity contribution in [3.8, 4) is 0 Å². The van der Waals surface area contributed by atoms with Gasteiger partial charge in [-0.25, -0.2) is 0 Å². The van der Waals surface area contributed by atoms with Gasteiger partial charge in [0.2, 0.25) is 5.91 Å². The first-order valence-electron chi connectivity index (χ1n) is 5.75. The molecule has 18 heavy (non-hydrogen) atoms. The van der Waals surface area contributed by atoms with Crippen molar-refractivity contribution >= 4 is 28.6 Å². The van der Waals surface area contributed by atoms with E-state index >= 15 is 0 Å². The Kier molecular flexibility index (Phi) is 3.91. The maximum Gasteiger partial charge on any atom is 0.224 e. The molecule has 0 unspecified atom stereocenters. The minimum atomic E-state index is -0.0914. The normalized spacial score (nSPS) is 10.9. The SMILES string of the molecule is O=C(CC/C=N/O)Nc1cccc2ccccc12. The lowest BCUT2D eigenvalue weighted by molar-refractivity contribution is -0.116. The molecule has 0 saturated heterocycles. The number of nitrogens with one attached hydrogen (secondary N) is 1. The van der Waals surface area contributed by atoms with Crippen LogP contribution in [0.2, 0.25) is 0 Å². The van der Waals surface area contributed by atoms with Gasteiger partial charge in [-0.05, 0) is 17.9 Å². The second kappa shape index (κ2) is 5.82. The van der Waals surface area contributed by atoms with E-state index in [-0.39, 0.29) is 5.91 Å². The molecule has 4 heteroatoms. The van der Waals surface area contributed by atoms with Gasteiger partial charge in [-0.1, -0.05) is 36.4 Å². The summed E-state index contributed by atoms with van der Waals surface area (Å²) in [6.45, 7) is 0. The Morgan fingerprint density at radius 1 is 1.22 bits per heavy atom. The maximum atomic E-state index is 11.7. The fourth-order valence-corrected chi connectivity index (χ4v) is 1.80. The molecule has 0 radical (unpaired) electrons. The van der Waals surface area contributed by atoms with Crippen molar-refractivity contribution in [2.24, 2.45) is 5.16 Å². The summed E-state index contributed by atoms with van der Waals surface area (Å²) < 4.78 is 0. The third-order valence-electron chi connectivity index (χ3n) is 2.65. The van der Waals surface area contributed by atoms with Crippen molar-refractivity contribution in [1.82, 2.24) is 0 Å². The zero-order valence-electron chi connectivity index (χ0n) is 9.84. The molecule has 0 atom stereocenters. The van der Waals surface area contributed by atoms with Gasteiger partial charge in [0.25, 0.3) is 0 Å². The number of hydrogen-bond donors (Lipinski definition) is 2. The third-order valence-corrected chi connectivity index (χ3v) is 2.65. The second-order valence-corrected chi connectivity index (χ2v) is 3.91. The van der Waals surface area contributed by atoms with Crippen molar-refractivity contribution in [3.63, 3.8) is 0 Å². The Labute approximate surface area is 105 Å². The number of carbonyl (C=O) groups is 1. The average molecular weight is 242 g/mol. The van der Waals surface area contributed by atoms with E-state index in [0.717, 1.165) is 16.5 Å². The van der Waals surface area contributed by atoms with Gasteiger partial charge in [0, 0.05) is 23.7 Å². The molecular formula is C14H14N2O2. The minimum Gasteiger partial charge on any atom is -0.411 e. The van der Waals surface area contributed by atoms with Crippen LogP contribution in [0.1, 0.15) is 12.8 Å². The molecule has 2 N–H and O–H groups in total. The van der Waals surface area contributed by atoms with E-state index in [9.17, 15) is 4.79 Å². The molecule has 0 heterocycles. The van der Waals surface area contributed by atoms with Gasteiger partial charge in [0.15, 0.2) is 0 Å². The van der Waals surface area contributed by atoms with Crippen molar-refractivity contribution in [3.05, 3.63) is 42.5 Å². The molecule has 0 aromatic heterocycles. The van der Waals surface area contributed by atoms with Crippen molar-refractivity contribution < 1.29 is 10.0 Å². The summed E-state index contributed by atoms with van der Waals surface area (Å²) in [6, 6.07) is 13.7. The quantitative estimate of drug-likeness (QED) is 0.492. The first kappa shape index (κ1) is 12.1. The molecule has 0 aliphatic rings. The number of rotatable bonds is 4. The van der Waals surface area contributed by atoms with E-state index in [1.807, 2.05) is 42.5 Å². The van der Waals surface area contributed by atoms with E-state index in [4.69, 9.17) is 5.21 Å². The van der Waals surface area contributed by atoms with Crippen molar-refractivity contribution in [1.29, 1.82) is 0 Å². The number of amides is 1. The first-order valence-corrected chi connectivity index (χ1v) is 5.75. The van der Waals surface area contributed by atoms with Crippen LogP contribution in [-0.2, 0) is 4.79 Å². The number of hydrogen-bond acceptors (Lipinski definition) is 3. The maximum absolute atomic E-state index is 11.7. The van der Waals surface area contributed by atoms with Gasteiger partial charge < -0.3 is 10.5 Å². The molecule has 92 valence electrons. The smallest absolute Gasteiger partial charge is 0.224 e. The first-order chi connectivity index (χ1) is 8.81. The summed E-state index contributed by atoms with van der Waals surface area (Å²) in [6.07, 6.45) is 2.03. The Hall–Kier alpha value is -2.36. The van der Waals surface area contributed by atoms with Gasteiger partial charge in [0.05, 0.1) is 0 Å². The zero-order valence-corrected chi connectivity index (χ0v) is 9.84. The highest BCUT2D eigenvalue weighted by molar-refractivity contribution is 6.02. The highest BCUT2D eigenvalue weighted by Crippen LogP contribution is 2.22. The molecule has 0 fully saturated rings. The second-order valence-electron chi connectivity index (χ2n) is 3.91. The van der Waals surface area contributed by atoms with E-state index in [1.165, 1.54) is 6.21 Å². The fraction of sp³-hybridized carbons (Fsp3) is 0.143. The monoisotopic (exact) mass is 242 g/mol. The molecule has 0 aliphatic heterocycles. The molecule has 0 saturated carbocycles. The number of anilines is 1. The number of benzene rings is 2. The largest absolute Gasteiger partial charge is 0.411 e. The Bertz CT molecular complexity index is 574. The van der Waals surface area contributed by atoms with Crippen LogP contribution < -0.4 is 5.32 Å². The molecule has 0 bridgehead atoms. The van der Waals surface area contributed by atoms with E-state index in [0.29, 0.717) is 12.8 Å². The zero-order chi connectivity index (χ0) is 12.8. The number of nitrogens with zero attached hydrogens (tertiary/aromatic N) is 1. The molecule has 2 rings (SSSR count). The van der Waals surface area contributed by atoms with E-state index < -0.39 is 0 Å². The van der Waals surface area contributed by atoms with Crippen LogP contribution in [0.15, 0.2) is 47.6 Å². The molecule has 2 aromatic carbocycles. The third kappa shape index (κ3) is 2.85. The van der Waals surface area contributed by atoms with E-state index in [1.54, 1.807) is 0 Å². The van der Waals surface area contributed by atoms with Crippen LogP contribution in [0.4, 0.5) is 5.69 Å². The molecule has 0 spiro atoms. The lowest BCUT2D eigenvalue weighted by atomic mass is 10.1. The van der Waals surface area contributed by atoms with Gasteiger partial charge in [-0.2, -0.15) is 0 Å². The Morgan fingerprint density at radius 3 is 2.83 bits per heavy atom. The Balaban J connectivity index is 2.14. The number of fused-ring (bicyclic) bond motifs is 1. The summed E-state index contributed by atoms with van der Waals surface area (Å²) in [4.78, 5) is 11.7. The van der Waals surface area contributed by atoms with Gasteiger partial charge in [-0.15, -0.1) is 5.16 Å². The van der Waals surface area contributed by atoms with Crippen LogP contribution in [0.25, 0.3) is 10.8 Å². The standard InChI is InChI=1S/C14H14N2O2/c17-14(9-4-10-15-18)16-13-8-3-6-11-5-1-2-7-12(11)13/h1-3,5-8,10,18H,4,9H2,(H,16,17)/b15-10+. The highest BCUT2D eigenvalue weighted by Gasteiger charge is 2.04. The van der Waals surface area contributed by atoms with Crippen molar-refractivity contribution in [2.75, 3.05) is 5.32 Å². The summed E-state index contributed by atoms with van der Waals surface area (Å²) in [5.41, 5.74) is 0.805. The van der Waals surface area contributed by atoms with Crippen LogP contribution in [0.5, 0.6) is 0 Å². The predicted octanol–water partition coefficient (Wildman–Crippen LogP) is 3.02. The molecule has 4 nitrogen and oxygen atoms in total. The van der Waals surface area contributed by atoms with Crippen molar-refractivity contribution in [2.45, 2.75) is 12.8 Å². The van der Waals surface area contributed by atoms with Gasteiger partial charge >= 0.3 is 0 Å². The van der Waals surface area contributed by atoms with E-state index in [2.05, 4.69) is 10.5 Å². The number of oxime groups is 1. The minimum absolute atomic E-state index is 0.0914. The van der Waals surface area contributed by atoms with Gasteiger partial charge in [-0.3, -0.25) is 4.79 Å². The summed E-state index contributed by atoms with van der Waals surface area (Å²) in [5.74, 6) is -0.0914. The highest BCUT2D eigenvalue weighted by atomic mass is 16.4. The molecule has 1 amide bonds. The van der Waals surface area contributed by atoms with Crippen LogP contribution in [0.3, 0.4) is 0 Å². The Morgan fingerprint density at radius 2 is 2.00 bits per heavy atom. The summed E-state index contributed by atoms with van der Waals surface area (Å²) in [7, 11) is 0. The molecule has 2 aromatic rings. The van der Waals surface area contributed by atoms with Crippen LogP contribution in [0, 0.1) is 0 Å². The molecule has 0 aliphatic carbocycles. The summed E-state index contributed by atoms with van der Waals surface area (Å²) in [5, 5.41) is 16.1. The lowest BCUT2D eigenvalue weighted by Crippen LogP contribution is -2.11. The molecular weight excluding hydrogens is 228 g/mol. The number of carbonyl (C=O) groups excluding carboxylic acids is 1. The van der Waals surface area contributed by atoms with Gasteiger partial charge in [0.1, 0.15) is 0 Å². The lowest BCUT2D eigenvalue weighted by Gasteiger charge is -2.07. The van der Waals surface area contributed by atoms with Crippen LogP contribution >= 0.6 is 0 Å². The predicted molar refractivity (Wildman–Crippen MR) is 72.1 cm³/mol. The summed E-state index contributed by atoms with van der Waals surface area (Å²) >= 11 is 0.